The van der Waals surface area contributed by atoms with Crippen molar-refractivity contribution in [2.24, 2.45) is 0 Å². The first kappa shape index (κ1) is 13.3. The van der Waals surface area contributed by atoms with Gasteiger partial charge in [0.2, 0.25) is 5.91 Å². The van der Waals surface area contributed by atoms with E-state index in [1.54, 1.807) is 29.8 Å². The van der Waals surface area contributed by atoms with Crippen LogP contribution in [-0.2, 0) is 11.3 Å². The van der Waals surface area contributed by atoms with Crippen molar-refractivity contribution in [2.45, 2.75) is 6.54 Å². The van der Waals surface area contributed by atoms with E-state index in [9.17, 15) is 14.4 Å². The molecule has 106 valence electrons. The maximum Gasteiger partial charge on any atom is 0.274 e. The Morgan fingerprint density at radius 2 is 2.24 bits per heavy atom. The van der Waals surface area contributed by atoms with E-state index in [0.29, 0.717) is 10.2 Å². The lowest BCUT2D eigenvalue weighted by Gasteiger charge is -2.05. The molecule has 0 radical (unpaired) electrons. The molecule has 2 amide bonds. The van der Waals surface area contributed by atoms with Gasteiger partial charge in [-0.2, -0.15) is 0 Å². The number of H-pyrrole nitrogens is 1. The van der Waals surface area contributed by atoms with Crippen molar-refractivity contribution in [3.63, 3.8) is 0 Å². The van der Waals surface area contributed by atoms with Crippen molar-refractivity contribution in [3.8, 4) is 0 Å². The van der Waals surface area contributed by atoms with Crippen molar-refractivity contribution in [2.75, 3.05) is 0 Å². The van der Waals surface area contributed by atoms with Crippen LogP contribution in [0, 0.1) is 0 Å². The molecule has 3 rings (SSSR count). The number of rotatable bonds is 3. The molecule has 0 atom stereocenters. The molecule has 0 aromatic carbocycles. The molecule has 3 heterocycles. The van der Waals surface area contributed by atoms with Crippen LogP contribution < -0.4 is 10.9 Å². The molecule has 0 saturated heterocycles. The van der Waals surface area contributed by atoms with Gasteiger partial charge in [-0.3, -0.25) is 24.3 Å². The lowest BCUT2D eigenvalue weighted by Crippen LogP contribution is -2.36. The first-order valence-electron chi connectivity index (χ1n) is 6.05. The van der Waals surface area contributed by atoms with E-state index in [1.807, 2.05) is 0 Å². The standard InChI is InChI=1S/C13H10N4O3S/c18-10(16-12(19)9-2-1-4-14-9)6-17-7-15-8-3-5-21-11(8)13(17)20/h1-5,7,14H,6H2,(H,16,18,19). The molecule has 0 aliphatic rings. The molecule has 0 bridgehead atoms. The van der Waals surface area contributed by atoms with E-state index in [0.717, 1.165) is 0 Å². The van der Waals surface area contributed by atoms with Crippen LogP contribution in [0.4, 0.5) is 0 Å². The molecule has 0 spiro atoms. The van der Waals surface area contributed by atoms with Crippen molar-refractivity contribution in [1.29, 1.82) is 0 Å². The summed E-state index contributed by atoms with van der Waals surface area (Å²) in [5.74, 6) is -1.11. The van der Waals surface area contributed by atoms with E-state index >= 15 is 0 Å². The second-order valence-electron chi connectivity index (χ2n) is 4.27. The van der Waals surface area contributed by atoms with Crippen LogP contribution in [0.2, 0.25) is 0 Å². The second-order valence-corrected chi connectivity index (χ2v) is 5.19. The third kappa shape index (κ3) is 2.61. The van der Waals surface area contributed by atoms with Crippen LogP contribution >= 0.6 is 11.3 Å². The molecular formula is C13H10N4O3S. The Bertz CT molecular complexity index is 863. The molecule has 0 aliphatic heterocycles. The molecule has 0 unspecified atom stereocenters. The molecular weight excluding hydrogens is 292 g/mol. The highest BCUT2D eigenvalue weighted by Gasteiger charge is 2.13. The van der Waals surface area contributed by atoms with Gasteiger partial charge < -0.3 is 4.98 Å². The highest BCUT2D eigenvalue weighted by molar-refractivity contribution is 7.17. The number of amides is 2. The number of hydrogen-bond donors (Lipinski definition) is 2. The second kappa shape index (κ2) is 5.33. The average Bonchev–Trinajstić information content (AvgIpc) is 3.12. The molecule has 8 heteroatoms. The van der Waals surface area contributed by atoms with Crippen LogP contribution in [0.25, 0.3) is 10.2 Å². The Labute approximate surface area is 122 Å². The van der Waals surface area contributed by atoms with Gasteiger partial charge in [-0.05, 0) is 23.6 Å². The molecule has 0 aliphatic carbocycles. The quantitative estimate of drug-likeness (QED) is 0.746. The number of fused-ring (bicyclic) bond motifs is 1. The zero-order chi connectivity index (χ0) is 14.8. The number of nitrogens with zero attached hydrogens (tertiary/aromatic N) is 2. The van der Waals surface area contributed by atoms with Crippen molar-refractivity contribution in [3.05, 3.63) is 52.2 Å². The van der Waals surface area contributed by atoms with Gasteiger partial charge >= 0.3 is 0 Å². The Morgan fingerprint density at radius 3 is 3.00 bits per heavy atom. The van der Waals surface area contributed by atoms with Gasteiger partial charge in [0.1, 0.15) is 16.9 Å². The zero-order valence-electron chi connectivity index (χ0n) is 10.7. The van der Waals surface area contributed by atoms with Crippen LogP contribution in [0.3, 0.4) is 0 Å². The van der Waals surface area contributed by atoms with E-state index in [1.165, 1.54) is 22.2 Å². The smallest absolute Gasteiger partial charge is 0.274 e. The van der Waals surface area contributed by atoms with Crippen LogP contribution in [0.15, 0.2) is 40.9 Å². The summed E-state index contributed by atoms with van der Waals surface area (Å²) in [5, 5.41) is 3.97. The van der Waals surface area contributed by atoms with E-state index < -0.39 is 11.8 Å². The Morgan fingerprint density at radius 1 is 1.38 bits per heavy atom. The summed E-state index contributed by atoms with van der Waals surface area (Å²) in [6.45, 7) is -0.258. The van der Waals surface area contributed by atoms with E-state index in [4.69, 9.17) is 0 Å². The molecule has 2 N–H and O–H groups in total. The molecule has 7 nitrogen and oxygen atoms in total. The first-order valence-corrected chi connectivity index (χ1v) is 6.93. The monoisotopic (exact) mass is 302 g/mol. The number of aromatic amines is 1. The van der Waals surface area contributed by atoms with Crippen molar-refractivity contribution in [1.82, 2.24) is 19.9 Å². The largest absolute Gasteiger partial charge is 0.357 e. The summed E-state index contributed by atoms with van der Waals surface area (Å²) < 4.78 is 1.66. The van der Waals surface area contributed by atoms with Crippen molar-refractivity contribution < 1.29 is 9.59 Å². The number of hydrogen-bond acceptors (Lipinski definition) is 5. The zero-order valence-corrected chi connectivity index (χ0v) is 11.5. The normalized spacial score (nSPS) is 10.7. The van der Waals surface area contributed by atoms with Gasteiger partial charge in [0.25, 0.3) is 11.5 Å². The minimum Gasteiger partial charge on any atom is -0.357 e. The summed E-state index contributed by atoms with van der Waals surface area (Å²) in [5.41, 5.74) is 0.587. The summed E-state index contributed by atoms with van der Waals surface area (Å²) in [6.07, 6.45) is 2.88. The van der Waals surface area contributed by atoms with E-state index in [-0.39, 0.29) is 17.8 Å². The summed E-state index contributed by atoms with van der Waals surface area (Å²) in [7, 11) is 0. The van der Waals surface area contributed by atoms with Crippen LogP contribution in [-0.4, -0.2) is 26.3 Å². The number of aromatic nitrogens is 3. The average molecular weight is 302 g/mol. The lowest BCUT2D eigenvalue weighted by atomic mass is 10.4. The summed E-state index contributed by atoms with van der Waals surface area (Å²) in [4.78, 5) is 42.4. The summed E-state index contributed by atoms with van der Waals surface area (Å²) in [6, 6.07) is 4.94. The van der Waals surface area contributed by atoms with Gasteiger partial charge in [-0.1, -0.05) is 0 Å². The van der Waals surface area contributed by atoms with Gasteiger partial charge in [-0.25, -0.2) is 4.98 Å². The fourth-order valence-electron chi connectivity index (χ4n) is 1.85. The molecule has 21 heavy (non-hydrogen) atoms. The van der Waals surface area contributed by atoms with Crippen LogP contribution in [0.1, 0.15) is 10.5 Å². The predicted octanol–water partition coefficient (Wildman–Crippen LogP) is 0.743. The van der Waals surface area contributed by atoms with Crippen LogP contribution in [0.5, 0.6) is 0 Å². The molecule has 3 aromatic heterocycles. The maximum absolute atomic E-state index is 12.1. The number of thiophene rings is 1. The topological polar surface area (TPSA) is 96.8 Å². The fourth-order valence-corrected chi connectivity index (χ4v) is 2.64. The minimum absolute atomic E-state index is 0.258. The fraction of sp³-hybridized carbons (Fsp3) is 0.0769. The van der Waals surface area contributed by atoms with Gasteiger partial charge in [0, 0.05) is 6.20 Å². The van der Waals surface area contributed by atoms with Gasteiger partial charge in [0.05, 0.1) is 11.8 Å². The maximum atomic E-state index is 12.1. The van der Waals surface area contributed by atoms with Gasteiger partial charge in [-0.15, -0.1) is 11.3 Å². The minimum atomic E-state index is -0.575. The third-order valence-corrected chi connectivity index (χ3v) is 3.74. The summed E-state index contributed by atoms with van der Waals surface area (Å²) >= 11 is 1.27. The highest BCUT2D eigenvalue weighted by Crippen LogP contribution is 2.12. The first-order chi connectivity index (χ1) is 10.1. The Kier molecular flexibility index (Phi) is 3.36. The molecule has 3 aromatic rings. The van der Waals surface area contributed by atoms with Gasteiger partial charge in [0.15, 0.2) is 0 Å². The Hall–Kier alpha value is -2.74. The van der Waals surface area contributed by atoms with Crippen molar-refractivity contribution >= 4 is 33.4 Å². The highest BCUT2D eigenvalue weighted by atomic mass is 32.1. The lowest BCUT2D eigenvalue weighted by molar-refractivity contribution is -0.120. The SMILES string of the molecule is O=C(Cn1cnc2ccsc2c1=O)NC(=O)c1ccc[nH]1. The molecule has 0 saturated carbocycles. The number of carbonyl (C=O) groups excluding carboxylic acids is 2. The number of imide groups is 1. The molecule has 0 fully saturated rings. The predicted molar refractivity (Wildman–Crippen MR) is 77.1 cm³/mol. The number of carbonyl (C=O) groups is 2. The Balaban J connectivity index is 1.76. The number of nitrogens with one attached hydrogen (secondary N) is 2. The van der Waals surface area contributed by atoms with E-state index in [2.05, 4.69) is 15.3 Å². The third-order valence-electron chi connectivity index (χ3n) is 2.85.